The second kappa shape index (κ2) is 8.45. The van der Waals surface area contributed by atoms with Crippen molar-refractivity contribution in [3.8, 4) is 0 Å². The van der Waals surface area contributed by atoms with Gasteiger partial charge in [-0.3, -0.25) is 14.5 Å². The van der Waals surface area contributed by atoms with Gasteiger partial charge in [0.05, 0.1) is 5.92 Å². The zero-order valence-electron chi connectivity index (χ0n) is 15.0. The number of rotatable bonds is 6. The fourth-order valence-electron chi connectivity index (χ4n) is 3.55. The Labute approximate surface area is 149 Å². The van der Waals surface area contributed by atoms with Crippen LogP contribution in [0.15, 0.2) is 30.3 Å². The fraction of sp³-hybridized carbons (Fsp3) is 0.579. The second-order valence-electron chi connectivity index (χ2n) is 6.81. The Morgan fingerprint density at radius 1 is 1.12 bits per heavy atom. The summed E-state index contributed by atoms with van der Waals surface area (Å²) in [7, 11) is 0. The summed E-state index contributed by atoms with van der Waals surface area (Å²) in [5, 5.41) is 3.02. The molecule has 2 amide bonds. The quantitative estimate of drug-likeness (QED) is 0.829. The van der Waals surface area contributed by atoms with Crippen LogP contribution in [0.3, 0.4) is 0 Å². The number of likely N-dealkylation sites (N-methyl/N-ethyl adjacent to an activating group) is 1. The third-order valence-electron chi connectivity index (χ3n) is 5.20. The number of para-hydroxylation sites is 1. The van der Waals surface area contributed by atoms with Gasteiger partial charge in [-0.2, -0.15) is 0 Å². The van der Waals surface area contributed by atoms with Gasteiger partial charge in [-0.15, -0.1) is 0 Å². The number of hydrogen-bond acceptors (Lipinski definition) is 4. The molecule has 136 valence electrons. The predicted molar refractivity (Wildman–Crippen MR) is 98.5 cm³/mol. The van der Waals surface area contributed by atoms with E-state index in [0.717, 1.165) is 45.0 Å². The Bertz CT molecular complexity index is 584. The Kier molecular flexibility index (Phi) is 6.04. The lowest BCUT2D eigenvalue weighted by atomic mass is 10.1. The lowest BCUT2D eigenvalue weighted by Crippen LogP contribution is -2.48. The minimum atomic E-state index is -0.246. The summed E-state index contributed by atoms with van der Waals surface area (Å²) < 4.78 is 0. The Morgan fingerprint density at radius 3 is 2.48 bits per heavy atom. The maximum Gasteiger partial charge on any atom is 0.227 e. The third-order valence-corrected chi connectivity index (χ3v) is 5.20. The van der Waals surface area contributed by atoms with E-state index in [9.17, 15) is 9.59 Å². The molecule has 1 aromatic carbocycles. The van der Waals surface area contributed by atoms with Crippen LogP contribution >= 0.6 is 0 Å². The van der Waals surface area contributed by atoms with Gasteiger partial charge >= 0.3 is 0 Å². The lowest BCUT2D eigenvalue weighted by molar-refractivity contribution is -0.126. The van der Waals surface area contributed by atoms with Gasteiger partial charge in [-0.1, -0.05) is 25.1 Å². The van der Waals surface area contributed by atoms with Crippen molar-refractivity contribution >= 4 is 17.5 Å². The maximum atomic E-state index is 12.4. The van der Waals surface area contributed by atoms with Crippen LogP contribution in [-0.4, -0.2) is 74.0 Å². The molecular weight excluding hydrogens is 316 g/mol. The van der Waals surface area contributed by atoms with Crippen LogP contribution in [0.1, 0.15) is 13.3 Å². The standard InChI is InChI=1S/C19H28N4O2/c1-2-21-10-12-22(13-11-21)9-8-20-19(25)16-14-18(24)23(15-16)17-6-4-3-5-7-17/h3-7,16H,2,8-15H2,1H3,(H,20,25)/t16-/m1/s1. The SMILES string of the molecule is CCN1CCN(CCNC(=O)[C@@H]2CC(=O)N(c3ccccc3)C2)CC1. The smallest absolute Gasteiger partial charge is 0.227 e. The molecule has 25 heavy (non-hydrogen) atoms. The van der Waals surface area contributed by atoms with Crippen LogP contribution in [0, 0.1) is 5.92 Å². The van der Waals surface area contributed by atoms with Crippen molar-refractivity contribution in [1.82, 2.24) is 15.1 Å². The maximum absolute atomic E-state index is 12.4. The van der Waals surface area contributed by atoms with Crippen LogP contribution in [-0.2, 0) is 9.59 Å². The molecule has 2 fully saturated rings. The number of nitrogens with one attached hydrogen (secondary N) is 1. The highest BCUT2D eigenvalue weighted by molar-refractivity contribution is 6.00. The van der Waals surface area contributed by atoms with Crippen molar-refractivity contribution in [2.24, 2.45) is 5.92 Å². The van der Waals surface area contributed by atoms with E-state index in [1.54, 1.807) is 4.90 Å². The van der Waals surface area contributed by atoms with Gasteiger partial charge < -0.3 is 15.1 Å². The number of amides is 2. The van der Waals surface area contributed by atoms with Gasteiger partial charge in [-0.25, -0.2) is 0 Å². The first-order valence-corrected chi connectivity index (χ1v) is 9.25. The molecule has 1 N–H and O–H groups in total. The average Bonchev–Trinajstić information content (AvgIpc) is 3.05. The van der Waals surface area contributed by atoms with Crippen molar-refractivity contribution in [1.29, 1.82) is 0 Å². The van der Waals surface area contributed by atoms with Crippen LogP contribution in [0.5, 0.6) is 0 Å². The molecule has 0 spiro atoms. The Hall–Kier alpha value is -1.92. The zero-order chi connectivity index (χ0) is 17.6. The van der Waals surface area contributed by atoms with Crippen molar-refractivity contribution in [2.45, 2.75) is 13.3 Å². The van der Waals surface area contributed by atoms with Crippen molar-refractivity contribution in [2.75, 3.05) is 57.3 Å². The van der Waals surface area contributed by atoms with E-state index in [1.165, 1.54) is 0 Å². The Morgan fingerprint density at radius 2 is 1.80 bits per heavy atom. The van der Waals surface area contributed by atoms with Crippen LogP contribution in [0.2, 0.25) is 0 Å². The first-order valence-electron chi connectivity index (χ1n) is 9.25. The first kappa shape index (κ1) is 17.9. The van der Waals surface area contributed by atoms with Crippen LogP contribution in [0.4, 0.5) is 5.69 Å². The molecule has 3 rings (SSSR count). The molecule has 2 heterocycles. The number of carbonyl (C=O) groups is 2. The number of carbonyl (C=O) groups excluding carboxylic acids is 2. The molecule has 0 saturated carbocycles. The highest BCUT2D eigenvalue weighted by Gasteiger charge is 2.34. The van der Waals surface area contributed by atoms with E-state index in [0.29, 0.717) is 19.5 Å². The van der Waals surface area contributed by atoms with Crippen molar-refractivity contribution in [3.63, 3.8) is 0 Å². The largest absolute Gasteiger partial charge is 0.355 e. The van der Waals surface area contributed by atoms with Crippen LogP contribution < -0.4 is 10.2 Å². The van der Waals surface area contributed by atoms with Gasteiger partial charge in [0.15, 0.2) is 0 Å². The molecule has 2 saturated heterocycles. The van der Waals surface area contributed by atoms with Gasteiger partial charge in [0.2, 0.25) is 11.8 Å². The minimum Gasteiger partial charge on any atom is -0.355 e. The molecule has 0 aliphatic carbocycles. The molecular formula is C19H28N4O2. The van der Waals surface area contributed by atoms with Gasteiger partial charge in [-0.05, 0) is 18.7 Å². The molecule has 2 aliphatic rings. The Balaban J connectivity index is 1.41. The van der Waals surface area contributed by atoms with E-state index in [2.05, 4.69) is 22.0 Å². The molecule has 0 radical (unpaired) electrons. The summed E-state index contributed by atoms with van der Waals surface area (Å²) in [5.41, 5.74) is 0.872. The lowest BCUT2D eigenvalue weighted by Gasteiger charge is -2.34. The molecule has 1 atom stereocenters. The summed E-state index contributed by atoms with van der Waals surface area (Å²) in [5.74, 6) is -0.217. The molecule has 6 heteroatoms. The van der Waals surface area contributed by atoms with E-state index < -0.39 is 0 Å². The number of piperazine rings is 1. The van der Waals surface area contributed by atoms with Crippen molar-refractivity contribution in [3.05, 3.63) is 30.3 Å². The van der Waals surface area contributed by atoms with E-state index >= 15 is 0 Å². The van der Waals surface area contributed by atoms with E-state index in [4.69, 9.17) is 0 Å². The number of anilines is 1. The molecule has 6 nitrogen and oxygen atoms in total. The second-order valence-corrected chi connectivity index (χ2v) is 6.81. The predicted octanol–water partition coefficient (Wildman–Crippen LogP) is 0.793. The topological polar surface area (TPSA) is 55.9 Å². The summed E-state index contributed by atoms with van der Waals surface area (Å²) in [4.78, 5) is 31.1. The molecule has 0 unspecified atom stereocenters. The summed E-state index contributed by atoms with van der Waals surface area (Å²) in [6, 6.07) is 9.57. The number of benzene rings is 1. The molecule has 2 aliphatic heterocycles. The van der Waals surface area contributed by atoms with Gasteiger partial charge in [0, 0.05) is 57.9 Å². The highest BCUT2D eigenvalue weighted by atomic mass is 16.2. The normalized spacial score (nSPS) is 22.4. The van der Waals surface area contributed by atoms with Crippen LogP contribution in [0.25, 0.3) is 0 Å². The molecule has 1 aromatic rings. The monoisotopic (exact) mass is 344 g/mol. The van der Waals surface area contributed by atoms with Gasteiger partial charge in [0.1, 0.15) is 0 Å². The zero-order valence-corrected chi connectivity index (χ0v) is 15.0. The molecule has 0 bridgehead atoms. The highest BCUT2D eigenvalue weighted by Crippen LogP contribution is 2.24. The summed E-state index contributed by atoms with van der Waals surface area (Å²) in [6.07, 6.45) is 0.301. The first-order chi connectivity index (χ1) is 12.2. The minimum absolute atomic E-state index is 0.000949. The van der Waals surface area contributed by atoms with E-state index in [-0.39, 0.29) is 17.7 Å². The fourth-order valence-corrected chi connectivity index (χ4v) is 3.55. The average molecular weight is 344 g/mol. The number of hydrogen-bond donors (Lipinski definition) is 1. The van der Waals surface area contributed by atoms with Gasteiger partial charge in [0.25, 0.3) is 0 Å². The van der Waals surface area contributed by atoms with Crippen molar-refractivity contribution < 1.29 is 9.59 Å². The molecule has 0 aromatic heterocycles. The summed E-state index contributed by atoms with van der Waals surface area (Å²) >= 11 is 0. The van der Waals surface area contributed by atoms with E-state index in [1.807, 2.05) is 30.3 Å². The summed E-state index contributed by atoms with van der Waals surface area (Å²) in [6.45, 7) is 9.65. The number of nitrogens with zero attached hydrogens (tertiary/aromatic N) is 3. The third kappa shape index (κ3) is 4.58.